The van der Waals surface area contributed by atoms with Gasteiger partial charge in [0.15, 0.2) is 0 Å². The smallest absolute Gasteiger partial charge is 0.303 e. The molecule has 0 spiro atoms. The van der Waals surface area contributed by atoms with Crippen molar-refractivity contribution in [1.82, 2.24) is 0 Å². The summed E-state index contributed by atoms with van der Waals surface area (Å²) >= 11 is 7.33. The summed E-state index contributed by atoms with van der Waals surface area (Å²) in [4.78, 5) is 10.2. The molecule has 0 aromatic carbocycles. The van der Waals surface area contributed by atoms with Crippen molar-refractivity contribution in [3.8, 4) is 0 Å². The quantitative estimate of drug-likeness (QED) is 0.411. The lowest BCUT2D eigenvalue weighted by Crippen LogP contribution is -2.21. The highest BCUT2D eigenvalue weighted by atomic mass is 79.9. The van der Waals surface area contributed by atoms with Gasteiger partial charge in [0.25, 0.3) is 0 Å². The van der Waals surface area contributed by atoms with Crippen LogP contribution in [0.1, 0.15) is 73.6 Å². The van der Waals surface area contributed by atoms with Crippen molar-refractivity contribution in [3.05, 3.63) is 0 Å². The van der Waals surface area contributed by atoms with Crippen molar-refractivity contribution >= 4 is 37.8 Å². The fourth-order valence-corrected chi connectivity index (χ4v) is 4.15. The third kappa shape index (κ3) is 16.4. The van der Waals surface area contributed by atoms with Crippen LogP contribution in [0.5, 0.6) is 0 Å². The van der Waals surface area contributed by atoms with E-state index in [4.69, 9.17) is 4.74 Å². The summed E-state index contributed by atoms with van der Waals surface area (Å²) in [5.74, 6) is -0.225. The van der Waals surface area contributed by atoms with E-state index in [-0.39, 0.29) is 11.6 Å². The van der Waals surface area contributed by atoms with E-state index in [1.165, 1.54) is 39.0 Å². The van der Waals surface area contributed by atoms with Gasteiger partial charge in [0.05, 0.1) is 0 Å². The SMILES string of the molecule is CC(=O)OC(C)(C)C.CCCC(Br)(CCC)CCBr. The Morgan fingerprint density at radius 2 is 1.47 bits per heavy atom. The Bertz CT molecular complexity index is 218. The second-order valence-electron chi connectivity index (χ2n) is 5.80. The van der Waals surface area contributed by atoms with Gasteiger partial charge in [-0.05, 0) is 40.0 Å². The van der Waals surface area contributed by atoms with Crippen molar-refractivity contribution in [1.29, 1.82) is 0 Å². The maximum Gasteiger partial charge on any atom is 0.303 e. The van der Waals surface area contributed by atoms with E-state index in [2.05, 4.69) is 45.7 Å². The van der Waals surface area contributed by atoms with Crippen LogP contribution in [0.15, 0.2) is 0 Å². The topological polar surface area (TPSA) is 26.3 Å². The van der Waals surface area contributed by atoms with Gasteiger partial charge in [-0.2, -0.15) is 0 Å². The molecule has 0 aliphatic rings. The minimum Gasteiger partial charge on any atom is -0.460 e. The van der Waals surface area contributed by atoms with Crippen molar-refractivity contribution in [2.45, 2.75) is 83.6 Å². The minimum atomic E-state index is -0.328. The van der Waals surface area contributed by atoms with Crippen LogP contribution in [0.4, 0.5) is 0 Å². The third-order valence-corrected chi connectivity index (χ3v) is 3.97. The second-order valence-corrected chi connectivity index (χ2v) is 8.27. The number of rotatable bonds is 6. The molecular formula is C15H30Br2O2. The van der Waals surface area contributed by atoms with Gasteiger partial charge in [-0.15, -0.1) is 0 Å². The molecule has 0 rings (SSSR count). The Labute approximate surface area is 136 Å². The zero-order valence-corrected chi connectivity index (χ0v) is 16.5. The summed E-state index contributed by atoms with van der Waals surface area (Å²) in [5, 5.41) is 1.11. The summed E-state index contributed by atoms with van der Waals surface area (Å²) in [6.07, 6.45) is 6.39. The van der Waals surface area contributed by atoms with Crippen LogP contribution in [0, 0.1) is 0 Å². The van der Waals surface area contributed by atoms with Crippen LogP contribution in [0.3, 0.4) is 0 Å². The first-order chi connectivity index (χ1) is 8.60. The van der Waals surface area contributed by atoms with E-state index in [0.29, 0.717) is 4.32 Å². The lowest BCUT2D eigenvalue weighted by atomic mass is 9.95. The Morgan fingerprint density at radius 1 is 1.05 bits per heavy atom. The van der Waals surface area contributed by atoms with Crippen molar-refractivity contribution in [2.75, 3.05) is 5.33 Å². The fourth-order valence-electron chi connectivity index (χ4n) is 1.87. The molecule has 0 unspecified atom stereocenters. The average Bonchev–Trinajstić information content (AvgIpc) is 2.14. The van der Waals surface area contributed by atoms with Crippen LogP contribution in [0.25, 0.3) is 0 Å². The van der Waals surface area contributed by atoms with E-state index in [1.807, 2.05) is 20.8 Å². The molecule has 0 radical (unpaired) electrons. The predicted molar refractivity (Wildman–Crippen MR) is 91.4 cm³/mol. The lowest BCUT2D eigenvalue weighted by molar-refractivity contribution is -0.151. The Morgan fingerprint density at radius 3 is 1.63 bits per heavy atom. The summed E-state index contributed by atoms with van der Waals surface area (Å²) < 4.78 is 5.22. The van der Waals surface area contributed by atoms with E-state index >= 15 is 0 Å². The molecule has 2 nitrogen and oxygen atoms in total. The first-order valence-corrected chi connectivity index (χ1v) is 8.96. The van der Waals surface area contributed by atoms with E-state index < -0.39 is 0 Å². The maximum absolute atomic E-state index is 10.2. The third-order valence-electron chi connectivity index (χ3n) is 2.39. The molecule has 0 atom stereocenters. The number of carbonyl (C=O) groups is 1. The second kappa shape index (κ2) is 11.1. The van der Waals surface area contributed by atoms with E-state index in [9.17, 15) is 4.79 Å². The molecule has 0 bridgehead atoms. The van der Waals surface area contributed by atoms with Crippen molar-refractivity contribution in [2.24, 2.45) is 0 Å². The van der Waals surface area contributed by atoms with Gasteiger partial charge in [0, 0.05) is 16.6 Å². The van der Waals surface area contributed by atoms with Gasteiger partial charge in [-0.25, -0.2) is 0 Å². The number of hydrogen-bond donors (Lipinski definition) is 0. The molecule has 0 aromatic heterocycles. The molecule has 0 aliphatic heterocycles. The molecule has 0 saturated heterocycles. The normalized spacial score (nSPS) is 11.6. The molecule has 19 heavy (non-hydrogen) atoms. The van der Waals surface area contributed by atoms with Crippen LogP contribution in [-0.2, 0) is 9.53 Å². The molecule has 4 heteroatoms. The standard InChI is InChI=1S/C9H18Br2.C6H12O2/c1-3-5-9(11,6-4-2)7-8-10;1-5(7)8-6(2,3)4/h3-8H2,1-2H3;1-4H3. The zero-order chi connectivity index (χ0) is 15.5. The van der Waals surface area contributed by atoms with Crippen molar-refractivity contribution < 1.29 is 9.53 Å². The molecule has 0 fully saturated rings. The summed E-state index contributed by atoms with van der Waals surface area (Å²) in [6.45, 7) is 11.4. The highest BCUT2D eigenvalue weighted by Crippen LogP contribution is 2.33. The fraction of sp³-hybridized carbons (Fsp3) is 0.933. The van der Waals surface area contributed by atoms with Gasteiger partial charge in [-0.3, -0.25) is 4.79 Å². The first kappa shape index (κ1) is 21.7. The van der Waals surface area contributed by atoms with Gasteiger partial charge in [-0.1, -0.05) is 58.5 Å². The number of esters is 1. The first-order valence-electron chi connectivity index (χ1n) is 7.04. The molecule has 116 valence electrons. The Balaban J connectivity index is 0. The van der Waals surface area contributed by atoms with Gasteiger partial charge >= 0.3 is 5.97 Å². The highest BCUT2D eigenvalue weighted by molar-refractivity contribution is 9.10. The molecule has 0 saturated carbocycles. The largest absolute Gasteiger partial charge is 0.460 e. The van der Waals surface area contributed by atoms with Crippen LogP contribution >= 0.6 is 31.9 Å². The number of carbonyl (C=O) groups excluding carboxylic acids is 1. The number of halogens is 2. The Kier molecular flexibility index (Phi) is 12.7. The summed E-state index contributed by atoms with van der Waals surface area (Å²) in [6, 6.07) is 0. The molecule has 0 heterocycles. The minimum absolute atomic E-state index is 0.225. The van der Waals surface area contributed by atoms with Gasteiger partial charge < -0.3 is 4.74 Å². The molecular weight excluding hydrogens is 372 g/mol. The Hall–Kier alpha value is 0.430. The lowest BCUT2D eigenvalue weighted by Gasteiger charge is -2.25. The molecule has 0 N–H and O–H groups in total. The van der Waals surface area contributed by atoms with E-state index in [0.717, 1.165) is 5.33 Å². The zero-order valence-electron chi connectivity index (χ0n) is 13.3. The molecule has 0 aromatic rings. The van der Waals surface area contributed by atoms with Crippen molar-refractivity contribution in [3.63, 3.8) is 0 Å². The monoisotopic (exact) mass is 400 g/mol. The van der Waals surface area contributed by atoms with Crippen LogP contribution in [0.2, 0.25) is 0 Å². The molecule has 0 aliphatic carbocycles. The molecule has 0 amide bonds. The van der Waals surface area contributed by atoms with Crippen LogP contribution < -0.4 is 0 Å². The average molecular weight is 402 g/mol. The highest BCUT2D eigenvalue weighted by Gasteiger charge is 2.23. The van der Waals surface area contributed by atoms with Gasteiger partial charge in [0.2, 0.25) is 0 Å². The van der Waals surface area contributed by atoms with E-state index in [1.54, 1.807) is 0 Å². The summed E-state index contributed by atoms with van der Waals surface area (Å²) in [5.41, 5.74) is -0.328. The number of ether oxygens (including phenoxy) is 1. The van der Waals surface area contributed by atoms with Crippen LogP contribution in [-0.4, -0.2) is 21.2 Å². The maximum atomic E-state index is 10.2. The summed E-state index contributed by atoms with van der Waals surface area (Å²) in [7, 11) is 0. The van der Waals surface area contributed by atoms with Gasteiger partial charge in [0.1, 0.15) is 5.60 Å². The number of alkyl halides is 2. The predicted octanol–water partition coefficient (Wildman–Crippen LogP) is 5.85. The number of hydrogen-bond acceptors (Lipinski definition) is 2.